The Morgan fingerprint density at radius 3 is 2.90 bits per heavy atom. The number of aliphatic hydroxyl groups excluding tert-OH is 1. The molecule has 11 nitrogen and oxygen atoms in total. The Morgan fingerprint density at radius 1 is 1.43 bits per heavy atom. The van der Waals surface area contributed by atoms with Crippen molar-refractivity contribution in [3.63, 3.8) is 0 Å². The summed E-state index contributed by atoms with van der Waals surface area (Å²) in [6.07, 6.45) is 1.19. The highest BCUT2D eigenvalue weighted by molar-refractivity contribution is 5.99. The van der Waals surface area contributed by atoms with E-state index >= 15 is 0 Å². The SMILES string of the molecule is CNC[C@H]1Oc2ccc(NC(=O)Cn3cnnn3)cc2C(=O)N([C@H](C)CO)C[C@H]1C. The first-order chi connectivity index (χ1) is 14.4. The van der Waals surface area contributed by atoms with Crippen LogP contribution in [0.2, 0.25) is 0 Å². The molecule has 1 aromatic carbocycles. The first kappa shape index (κ1) is 21.7. The van der Waals surface area contributed by atoms with Gasteiger partial charge in [-0.05, 0) is 42.6 Å². The molecule has 0 unspecified atom stereocenters. The van der Waals surface area contributed by atoms with Gasteiger partial charge < -0.3 is 25.4 Å². The van der Waals surface area contributed by atoms with Crippen LogP contribution >= 0.6 is 0 Å². The van der Waals surface area contributed by atoms with Crippen LogP contribution in [-0.4, -0.2) is 80.9 Å². The maximum absolute atomic E-state index is 13.3. The maximum atomic E-state index is 13.3. The molecule has 1 aliphatic rings. The van der Waals surface area contributed by atoms with E-state index in [-0.39, 0.29) is 43.0 Å². The smallest absolute Gasteiger partial charge is 0.258 e. The normalized spacial score (nSPS) is 20.0. The van der Waals surface area contributed by atoms with E-state index in [2.05, 4.69) is 26.2 Å². The molecule has 3 atom stereocenters. The number of likely N-dealkylation sites (N-methyl/N-ethyl adjacent to an activating group) is 1. The fraction of sp³-hybridized carbons (Fsp3) is 0.526. The number of aliphatic hydroxyl groups is 1. The number of amides is 2. The van der Waals surface area contributed by atoms with Crippen molar-refractivity contribution < 1.29 is 19.4 Å². The number of fused-ring (bicyclic) bond motifs is 1. The molecule has 30 heavy (non-hydrogen) atoms. The molecule has 2 aromatic rings. The highest BCUT2D eigenvalue weighted by Gasteiger charge is 2.32. The van der Waals surface area contributed by atoms with Crippen molar-refractivity contribution in [3.8, 4) is 5.75 Å². The third kappa shape index (κ3) is 4.92. The number of aromatic nitrogens is 4. The number of rotatable bonds is 7. The second kappa shape index (κ2) is 9.63. The van der Waals surface area contributed by atoms with E-state index in [4.69, 9.17) is 4.74 Å². The number of carbonyl (C=O) groups is 2. The zero-order valence-corrected chi connectivity index (χ0v) is 17.3. The summed E-state index contributed by atoms with van der Waals surface area (Å²) in [4.78, 5) is 27.2. The Labute approximate surface area is 174 Å². The fourth-order valence-corrected chi connectivity index (χ4v) is 3.35. The van der Waals surface area contributed by atoms with Gasteiger partial charge in [-0.2, -0.15) is 0 Å². The van der Waals surface area contributed by atoms with E-state index in [9.17, 15) is 14.7 Å². The van der Waals surface area contributed by atoms with Crippen LogP contribution in [0.15, 0.2) is 24.5 Å². The lowest BCUT2D eigenvalue weighted by Crippen LogP contribution is -2.49. The van der Waals surface area contributed by atoms with Crippen molar-refractivity contribution in [1.29, 1.82) is 0 Å². The number of nitrogens with zero attached hydrogens (tertiary/aromatic N) is 5. The van der Waals surface area contributed by atoms with Gasteiger partial charge in [0, 0.05) is 24.7 Å². The van der Waals surface area contributed by atoms with Crippen LogP contribution in [0.4, 0.5) is 5.69 Å². The summed E-state index contributed by atoms with van der Waals surface area (Å²) in [6, 6.07) is 4.62. The van der Waals surface area contributed by atoms with E-state index in [0.29, 0.717) is 30.1 Å². The van der Waals surface area contributed by atoms with Crippen molar-refractivity contribution in [2.45, 2.75) is 32.5 Å². The molecule has 0 fully saturated rings. The van der Waals surface area contributed by atoms with Crippen LogP contribution in [0.1, 0.15) is 24.2 Å². The molecule has 0 saturated carbocycles. The molecular weight excluding hydrogens is 390 g/mol. The van der Waals surface area contributed by atoms with E-state index in [1.807, 2.05) is 14.0 Å². The molecule has 162 valence electrons. The second-order valence-electron chi connectivity index (χ2n) is 7.45. The van der Waals surface area contributed by atoms with Crippen LogP contribution in [-0.2, 0) is 11.3 Å². The van der Waals surface area contributed by atoms with Gasteiger partial charge in [0.05, 0.1) is 18.2 Å². The van der Waals surface area contributed by atoms with Crippen molar-refractivity contribution in [3.05, 3.63) is 30.1 Å². The third-order valence-electron chi connectivity index (χ3n) is 5.05. The van der Waals surface area contributed by atoms with Crippen LogP contribution in [0.25, 0.3) is 0 Å². The minimum absolute atomic E-state index is 0.0516. The predicted molar refractivity (Wildman–Crippen MR) is 108 cm³/mol. The molecule has 2 heterocycles. The fourth-order valence-electron chi connectivity index (χ4n) is 3.35. The number of ether oxygens (including phenoxy) is 1. The second-order valence-corrected chi connectivity index (χ2v) is 7.45. The van der Waals surface area contributed by atoms with Gasteiger partial charge in [0.2, 0.25) is 5.91 Å². The van der Waals surface area contributed by atoms with Gasteiger partial charge in [0.25, 0.3) is 5.91 Å². The molecule has 1 aliphatic heterocycles. The first-order valence-corrected chi connectivity index (χ1v) is 9.80. The van der Waals surface area contributed by atoms with Gasteiger partial charge in [-0.3, -0.25) is 9.59 Å². The van der Waals surface area contributed by atoms with E-state index in [1.54, 1.807) is 30.0 Å². The van der Waals surface area contributed by atoms with Gasteiger partial charge in [0.15, 0.2) is 0 Å². The van der Waals surface area contributed by atoms with Gasteiger partial charge in [-0.25, -0.2) is 4.68 Å². The van der Waals surface area contributed by atoms with Crippen LogP contribution in [0.3, 0.4) is 0 Å². The zero-order chi connectivity index (χ0) is 21.7. The summed E-state index contributed by atoms with van der Waals surface area (Å²) in [5.41, 5.74) is 0.794. The first-order valence-electron chi connectivity index (χ1n) is 9.80. The van der Waals surface area contributed by atoms with Crippen LogP contribution in [0, 0.1) is 5.92 Å². The average molecular weight is 417 g/mol. The molecule has 2 amide bonds. The minimum Gasteiger partial charge on any atom is -0.488 e. The van der Waals surface area contributed by atoms with Gasteiger partial charge >= 0.3 is 0 Å². The van der Waals surface area contributed by atoms with E-state index in [1.165, 1.54) is 11.0 Å². The molecule has 0 saturated heterocycles. The number of carbonyl (C=O) groups excluding carboxylic acids is 2. The molecule has 0 radical (unpaired) electrons. The Balaban J connectivity index is 1.89. The molecule has 11 heteroatoms. The molecule has 1 aromatic heterocycles. The van der Waals surface area contributed by atoms with Crippen molar-refractivity contribution in [1.82, 2.24) is 30.4 Å². The highest BCUT2D eigenvalue weighted by atomic mass is 16.5. The summed E-state index contributed by atoms with van der Waals surface area (Å²) in [6.45, 7) is 4.68. The predicted octanol–water partition coefficient (Wildman–Crippen LogP) is -0.249. The van der Waals surface area contributed by atoms with Gasteiger partial charge in [-0.15, -0.1) is 5.10 Å². The lowest BCUT2D eigenvalue weighted by Gasteiger charge is -2.37. The van der Waals surface area contributed by atoms with Crippen molar-refractivity contribution in [2.24, 2.45) is 5.92 Å². The number of anilines is 1. The lowest BCUT2D eigenvalue weighted by atomic mass is 9.99. The summed E-state index contributed by atoms with van der Waals surface area (Å²) >= 11 is 0. The quantitative estimate of drug-likeness (QED) is 0.561. The van der Waals surface area contributed by atoms with E-state index in [0.717, 1.165) is 0 Å². The average Bonchev–Trinajstić information content (AvgIpc) is 3.23. The Kier molecular flexibility index (Phi) is 6.95. The number of tetrazole rings is 1. The van der Waals surface area contributed by atoms with Gasteiger partial charge in [-0.1, -0.05) is 6.92 Å². The molecule has 0 spiro atoms. The van der Waals surface area contributed by atoms with E-state index < -0.39 is 0 Å². The van der Waals surface area contributed by atoms with Crippen molar-refractivity contribution in [2.75, 3.05) is 32.1 Å². The highest BCUT2D eigenvalue weighted by Crippen LogP contribution is 2.30. The molecule has 3 rings (SSSR count). The molecule has 0 aliphatic carbocycles. The Hall–Kier alpha value is -3.05. The Morgan fingerprint density at radius 2 is 2.23 bits per heavy atom. The third-order valence-corrected chi connectivity index (χ3v) is 5.05. The Bertz CT molecular complexity index is 874. The summed E-state index contributed by atoms with van der Waals surface area (Å²) in [7, 11) is 1.85. The number of benzene rings is 1. The van der Waals surface area contributed by atoms with Crippen LogP contribution < -0.4 is 15.4 Å². The summed E-state index contributed by atoms with van der Waals surface area (Å²) in [5.74, 6) is -0.0822. The molecule has 3 N–H and O–H groups in total. The zero-order valence-electron chi connectivity index (χ0n) is 17.3. The standard InChI is InChI=1S/C19H27N7O4/c1-12-8-26(13(2)10-27)19(29)15-6-14(4-5-16(15)30-17(12)7-20-3)22-18(28)9-25-11-21-23-24-25/h4-6,11-13,17,20,27H,7-10H2,1-3H3,(H,22,28)/t12-,13-,17-/m1/s1. The minimum atomic E-state index is -0.348. The number of hydrogen-bond donors (Lipinski definition) is 3. The van der Waals surface area contributed by atoms with Crippen LogP contribution in [0.5, 0.6) is 5.75 Å². The lowest BCUT2D eigenvalue weighted by molar-refractivity contribution is -0.116. The van der Waals surface area contributed by atoms with Crippen molar-refractivity contribution >= 4 is 17.5 Å². The van der Waals surface area contributed by atoms with Gasteiger partial charge in [0.1, 0.15) is 24.7 Å². The molecular formula is C19H27N7O4. The largest absolute Gasteiger partial charge is 0.488 e. The topological polar surface area (TPSA) is 134 Å². The summed E-state index contributed by atoms with van der Waals surface area (Å²) < 4.78 is 7.45. The number of nitrogens with one attached hydrogen (secondary N) is 2. The summed E-state index contributed by atoms with van der Waals surface area (Å²) in [5, 5.41) is 26.2. The molecule has 0 bridgehead atoms. The maximum Gasteiger partial charge on any atom is 0.258 e. The monoisotopic (exact) mass is 417 g/mol. The number of hydrogen-bond acceptors (Lipinski definition) is 8.